The fourth-order valence-electron chi connectivity index (χ4n) is 3.41. The van der Waals surface area contributed by atoms with Crippen molar-refractivity contribution >= 4 is 18.2 Å². The van der Waals surface area contributed by atoms with Crippen molar-refractivity contribution in [2.24, 2.45) is 5.92 Å². The Bertz CT molecular complexity index is 529. The van der Waals surface area contributed by atoms with Crippen molar-refractivity contribution in [3.8, 4) is 5.75 Å². The summed E-state index contributed by atoms with van der Waals surface area (Å²) in [7, 11) is 1.56. The summed E-state index contributed by atoms with van der Waals surface area (Å²) in [5.41, 5.74) is 1.01. The molecule has 0 aromatic heterocycles. The Kier molecular flexibility index (Phi) is 5.22. The summed E-state index contributed by atoms with van der Waals surface area (Å²) in [4.78, 5) is 14.9. The van der Waals surface area contributed by atoms with Gasteiger partial charge in [0.2, 0.25) is 0 Å². The normalized spacial score (nSPS) is 21.8. The summed E-state index contributed by atoms with van der Waals surface area (Å²) in [6.45, 7) is 2.91. The van der Waals surface area contributed by atoms with Crippen molar-refractivity contribution in [2.75, 3.05) is 26.7 Å². The number of ketones is 1. The predicted octanol–water partition coefficient (Wildman–Crippen LogP) is 3.10. The van der Waals surface area contributed by atoms with Gasteiger partial charge in [-0.1, -0.05) is 0 Å². The van der Waals surface area contributed by atoms with Gasteiger partial charge < -0.3 is 9.64 Å². The molecular weight excluding hydrogens is 293 g/mol. The minimum absolute atomic E-state index is 0. The third kappa shape index (κ3) is 3.06. The van der Waals surface area contributed by atoms with Gasteiger partial charge in [0, 0.05) is 18.0 Å². The maximum absolute atomic E-state index is 14.0. The number of ether oxygens (including phenoxy) is 1. The molecule has 21 heavy (non-hydrogen) atoms. The number of benzene rings is 1. The van der Waals surface area contributed by atoms with Crippen LogP contribution in [-0.4, -0.2) is 37.4 Å². The third-order valence-corrected chi connectivity index (χ3v) is 4.48. The number of halogens is 2. The number of hydrogen-bond donors (Lipinski definition) is 0. The molecule has 1 aromatic carbocycles. The molecule has 1 heterocycles. The van der Waals surface area contributed by atoms with Crippen LogP contribution in [0.15, 0.2) is 12.1 Å². The standard InChI is InChI=1S/C16H20FNO2.ClH/c1-20-14-7-6-13(17)15-12(14)5-4-11(16(15)19)10-18-8-2-3-9-18;/h6-7,11H,2-5,8-10H2,1H3;1H. The highest BCUT2D eigenvalue weighted by molar-refractivity contribution is 6.01. The van der Waals surface area contributed by atoms with E-state index in [-0.39, 0.29) is 29.7 Å². The quantitative estimate of drug-likeness (QED) is 0.859. The van der Waals surface area contributed by atoms with Crippen molar-refractivity contribution in [2.45, 2.75) is 25.7 Å². The smallest absolute Gasteiger partial charge is 0.170 e. The Hall–Kier alpha value is -1.13. The second-order valence-corrected chi connectivity index (χ2v) is 5.71. The largest absolute Gasteiger partial charge is 0.496 e. The molecule has 1 saturated heterocycles. The number of rotatable bonds is 3. The molecule has 1 aromatic rings. The second-order valence-electron chi connectivity index (χ2n) is 5.71. The van der Waals surface area contributed by atoms with E-state index in [1.807, 2.05) is 0 Å². The lowest BCUT2D eigenvalue weighted by Gasteiger charge is -2.28. The second kappa shape index (κ2) is 6.75. The molecule has 3 nitrogen and oxygen atoms in total. The monoisotopic (exact) mass is 313 g/mol. The SMILES string of the molecule is COc1ccc(F)c2c1CCC(CN1CCCC1)C2=O.Cl. The molecule has 2 aliphatic rings. The summed E-state index contributed by atoms with van der Waals surface area (Å²) in [5, 5.41) is 0. The van der Waals surface area contributed by atoms with Crippen LogP contribution >= 0.6 is 12.4 Å². The summed E-state index contributed by atoms with van der Waals surface area (Å²) in [6, 6.07) is 2.95. The minimum atomic E-state index is -0.406. The zero-order valence-electron chi connectivity index (χ0n) is 12.2. The summed E-state index contributed by atoms with van der Waals surface area (Å²) < 4.78 is 19.3. The highest BCUT2D eigenvalue weighted by Crippen LogP contribution is 2.34. The van der Waals surface area contributed by atoms with Crippen molar-refractivity contribution in [1.82, 2.24) is 4.90 Å². The lowest BCUT2D eigenvalue weighted by molar-refractivity contribution is 0.0862. The van der Waals surface area contributed by atoms with Crippen molar-refractivity contribution in [3.05, 3.63) is 29.1 Å². The molecule has 1 fully saturated rings. The van der Waals surface area contributed by atoms with E-state index in [1.54, 1.807) is 13.2 Å². The summed E-state index contributed by atoms with van der Waals surface area (Å²) in [5.74, 6) is 0.114. The Morgan fingerprint density at radius 3 is 2.71 bits per heavy atom. The molecule has 1 aliphatic heterocycles. The summed E-state index contributed by atoms with van der Waals surface area (Å²) in [6.07, 6.45) is 3.93. The maximum Gasteiger partial charge on any atom is 0.170 e. The molecule has 116 valence electrons. The van der Waals surface area contributed by atoms with Crippen LogP contribution < -0.4 is 4.74 Å². The van der Waals surface area contributed by atoms with Crippen LogP contribution in [0, 0.1) is 11.7 Å². The minimum Gasteiger partial charge on any atom is -0.496 e. The number of methoxy groups -OCH3 is 1. The molecule has 5 heteroatoms. The molecule has 0 amide bonds. The van der Waals surface area contributed by atoms with Crippen LogP contribution in [0.4, 0.5) is 4.39 Å². The molecule has 0 bridgehead atoms. The van der Waals surface area contributed by atoms with Crippen LogP contribution in [0.2, 0.25) is 0 Å². The van der Waals surface area contributed by atoms with E-state index in [0.29, 0.717) is 5.75 Å². The Morgan fingerprint density at radius 2 is 2.05 bits per heavy atom. The van der Waals surface area contributed by atoms with E-state index in [1.165, 1.54) is 18.9 Å². The number of Topliss-reactive ketones (excluding diaryl/α,β-unsaturated/α-hetero) is 1. The topological polar surface area (TPSA) is 29.5 Å². The van der Waals surface area contributed by atoms with Crippen molar-refractivity contribution < 1.29 is 13.9 Å². The molecule has 0 N–H and O–H groups in total. The first kappa shape index (κ1) is 16.2. The van der Waals surface area contributed by atoms with E-state index in [0.717, 1.165) is 38.0 Å². The Balaban J connectivity index is 0.00000161. The molecule has 1 aliphatic carbocycles. The maximum atomic E-state index is 14.0. The fraction of sp³-hybridized carbons (Fsp3) is 0.562. The van der Waals surface area contributed by atoms with Gasteiger partial charge in [0.1, 0.15) is 11.6 Å². The van der Waals surface area contributed by atoms with Crippen LogP contribution in [0.25, 0.3) is 0 Å². The summed E-state index contributed by atoms with van der Waals surface area (Å²) >= 11 is 0. The van der Waals surface area contributed by atoms with Crippen molar-refractivity contribution in [1.29, 1.82) is 0 Å². The number of fused-ring (bicyclic) bond motifs is 1. The van der Waals surface area contributed by atoms with Crippen LogP contribution in [0.5, 0.6) is 5.75 Å². The average molecular weight is 314 g/mol. The van der Waals surface area contributed by atoms with E-state index in [4.69, 9.17) is 4.74 Å². The molecule has 0 spiro atoms. The van der Waals surface area contributed by atoms with Gasteiger partial charge in [-0.15, -0.1) is 12.4 Å². The molecule has 1 atom stereocenters. The van der Waals surface area contributed by atoms with Crippen LogP contribution in [0.1, 0.15) is 35.2 Å². The zero-order valence-corrected chi connectivity index (χ0v) is 13.0. The lowest BCUT2D eigenvalue weighted by atomic mass is 9.81. The molecule has 3 rings (SSSR count). The molecule has 1 unspecified atom stereocenters. The van der Waals surface area contributed by atoms with Gasteiger partial charge in [0.15, 0.2) is 5.78 Å². The zero-order chi connectivity index (χ0) is 14.1. The van der Waals surface area contributed by atoms with Gasteiger partial charge in [0.05, 0.1) is 12.7 Å². The highest BCUT2D eigenvalue weighted by Gasteiger charge is 2.33. The van der Waals surface area contributed by atoms with Gasteiger partial charge in [-0.2, -0.15) is 0 Å². The van der Waals surface area contributed by atoms with Gasteiger partial charge in [0.25, 0.3) is 0 Å². The first-order chi connectivity index (χ1) is 9.70. The number of carbonyl (C=O) groups excluding carboxylic acids is 1. The molecule has 0 saturated carbocycles. The van der Waals surface area contributed by atoms with E-state index in [2.05, 4.69) is 4.90 Å². The fourth-order valence-corrected chi connectivity index (χ4v) is 3.41. The number of likely N-dealkylation sites (tertiary alicyclic amines) is 1. The highest BCUT2D eigenvalue weighted by atomic mass is 35.5. The lowest BCUT2D eigenvalue weighted by Crippen LogP contribution is -2.34. The van der Waals surface area contributed by atoms with Crippen molar-refractivity contribution in [3.63, 3.8) is 0 Å². The third-order valence-electron chi connectivity index (χ3n) is 4.48. The van der Waals surface area contributed by atoms with E-state index >= 15 is 0 Å². The van der Waals surface area contributed by atoms with Gasteiger partial charge >= 0.3 is 0 Å². The number of nitrogens with zero attached hydrogens (tertiary/aromatic N) is 1. The Labute approximate surface area is 130 Å². The van der Waals surface area contributed by atoms with E-state index in [9.17, 15) is 9.18 Å². The predicted molar refractivity (Wildman–Crippen MR) is 82.0 cm³/mol. The average Bonchev–Trinajstić information content (AvgIpc) is 2.95. The van der Waals surface area contributed by atoms with Gasteiger partial charge in [-0.3, -0.25) is 4.79 Å². The van der Waals surface area contributed by atoms with Crippen LogP contribution in [0.3, 0.4) is 0 Å². The first-order valence-corrected chi connectivity index (χ1v) is 7.32. The van der Waals surface area contributed by atoms with Gasteiger partial charge in [-0.05, 0) is 50.9 Å². The molecule has 0 radical (unpaired) electrons. The van der Waals surface area contributed by atoms with Crippen LogP contribution in [-0.2, 0) is 6.42 Å². The number of hydrogen-bond acceptors (Lipinski definition) is 3. The van der Waals surface area contributed by atoms with E-state index < -0.39 is 5.82 Å². The molecular formula is C16H21ClFNO2. The Morgan fingerprint density at radius 1 is 1.33 bits per heavy atom. The number of carbonyl (C=O) groups is 1. The first-order valence-electron chi connectivity index (χ1n) is 7.32. The van der Waals surface area contributed by atoms with Gasteiger partial charge in [-0.25, -0.2) is 4.39 Å².